The van der Waals surface area contributed by atoms with Crippen LogP contribution in [0, 0.1) is 37.7 Å². The number of aromatic nitrogens is 3. The van der Waals surface area contributed by atoms with E-state index in [0.29, 0.717) is 42.7 Å². The molecule has 0 bridgehead atoms. The van der Waals surface area contributed by atoms with E-state index < -0.39 is 25.1 Å². The van der Waals surface area contributed by atoms with Crippen LogP contribution in [-0.2, 0) is 9.53 Å². The van der Waals surface area contributed by atoms with Crippen LogP contribution in [0.3, 0.4) is 0 Å². The van der Waals surface area contributed by atoms with Gasteiger partial charge >= 0.3 is 5.97 Å². The molecule has 2 aliphatic rings. The van der Waals surface area contributed by atoms with Crippen molar-refractivity contribution >= 4 is 17.7 Å². The number of esters is 1. The number of halogens is 2. The van der Waals surface area contributed by atoms with Crippen molar-refractivity contribution in [1.82, 2.24) is 15.0 Å². The minimum absolute atomic E-state index is 0. The molecule has 0 amide bonds. The van der Waals surface area contributed by atoms with Crippen molar-refractivity contribution < 1.29 is 60.8 Å². The Bertz CT molecular complexity index is 941. The summed E-state index contributed by atoms with van der Waals surface area (Å²) in [7, 11) is 1.35. The number of nitrogens with zero attached hydrogens (tertiary/aromatic N) is 5. The number of hydrogen-bond donors (Lipinski definition) is 0. The molecule has 0 aliphatic carbocycles. The van der Waals surface area contributed by atoms with Gasteiger partial charge in [0.25, 0.3) is 5.92 Å². The van der Waals surface area contributed by atoms with Gasteiger partial charge in [-0.05, 0) is 25.8 Å². The van der Waals surface area contributed by atoms with Crippen LogP contribution < -0.4 is 14.5 Å². The van der Waals surface area contributed by atoms with E-state index in [0.717, 1.165) is 6.42 Å². The third kappa shape index (κ3) is 5.18. The van der Waals surface area contributed by atoms with E-state index in [1.807, 2.05) is 11.8 Å². The van der Waals surface area contributed by atoms with Crippen molar-refractivity contribution in [2.24, 2.45) is 0 Å². The van der Waals surface area contributed by atoms with Gasteiger partial charge in [0.15, 0.2) is 0 Å². The molecule has 0 N–H and O–H groups in total. The van der Waals surface area contributed by atoms with Gasteiger partial charge in [0.2, 0.25) is 11.8 Å². The van der Waals surface area contributed by atoms with Crippen LogP contribution in [0.15, 0.2) is 24.3 Å². The van der Waals surface area contributed by atoms with E-state index in [-0.39, 0.29) is 49.7 Å². The summed E-state index contributed by atoms with van der Waals surface area (Å²) in [4.78, 5) is 28.9. The topological polar surface area (TPSA) is 80.7 Å². The van der Waals surface area contributed by atoms with Crippen LogP contribution in [0.25, 0.3) is 11.4 Å². The number of methoxy groups -OCH3 is 1. The molecule has 1 radical (unpaired) electrons. The fraction of sp³-hybridized carbons (Fsp3) is 0.500. The van der Waals surface area contributed by atoms with Crippen molar-refractivity contribution in [3.63, 3.8) is 0 Å². The van der Waals surface area contributed by atoms with Crippen molar-refractivity contribution in [2.75, 3.05) is 43.2 Å². The van der Waals surface area contributed by atoms with Gasteiger partial charge in [-0.2, -0.15) is 4.98 Å². The molecule has 0 saturated carbocycles. The fourth-order valence-electron chi connectivity index (χ4n) is 3.70. The number of pyridine rings is 1. The van der Waals surface area contributed by atoms with Crippen molar-refractivity contribution in [2.45, 2.75) is 31.7 Å². The molecule has 31 heavy (non-hydrogen) atoms. The summed E-state index contributed by atoms with van der Waals surface area (Å²) in [5, 5.41) is 0. The molecule has 8 nitrogen and oxygen atoms in total. The van der Waals surface area contributed by atoms with Gasteiger partial charge in [-0.15, -0.1) is 0 Å². The minimum Gasteiger partial charge on any atom is -0.478 e. The van der Waals surface area contributed by atoms with Gasteiger partial charge in [0.05, 0.1) is 38.2 Å². The molecule has 1 atom stereocenters. The first-order valence-corrected chi connectivity index (χ1v) is 9.87. The third-order valence-corrected chi connectivity index (χ3v) is 5.13. The van der Waals surface area contributed by atoms with Crippen LogP contribution in [0.4, 0.5) is 20.5 Å². The van der Waals surface area contributed by atoms with Crippen molar-refractivity contribution in [1.29, 1.82) is 0 Å². The zero-order valence-electron chi connectivity index (χ0n) is 17.1. The van der Waals surface area contributed by atoms with E-state index in [1.54, 1.807) is 24.3 Å². The quantitative estimate of drug-likeness (QED) is 0.379. The molecule has 2 aromatic heterocycles. The molecule has 0 spiro atoms. The Morgan fingerprint density at radius 3 is 2.68 bits per heavy atom. The Kier molecular flexibility index (Phi) is 7.54. The predicted octanol–water partition coefficient (Wildman–Crippen LogP) is 2.53. The average molecular weight is 584 g/mol. The van der Waals surface area contributed by atoms with Crippen LogP contribution in [0.5, 0.6) is 5.88 Å². The molecule has 2 fully saturated rings. The summed E-state index contributed by atoms with van der Waals surface area (Å²) in [6, 6.07) is 6.55. The first kappa shape index (κ1) is 23.9. The number of anilines is 2. The SMILES string of the molecule is CCOc1cccc(-c2cc(N3CCC[C@H]3C(=O)OC)nc(N3CC(F)(F)C3)n2)n1.[Ho]. The number of rotatable bonds is 6. The Morgan fingerprint density at radius 1 is 1.23 bits per heavy atom. The van der Waals surface area contributed by atoms with Crippen LogP contribution in [-0.4, -0.2) is 66.2 Å². The summed E-state index contributed by atoms with van der Waals surface area (Å²) in [6.45, 7) is 2.05. The summed E-state index contributed by atoms with van der Waals surface area (Å²) in [5.41, 5.74) is 1.01. The molecule has 171 valence electrons. The molecular weight excluding hydrogens is 561 g/mol. The number of carbonyl (C=O) groups is 1. The number of carbonyl (C=O) groups excluding carboxylic acids is 1. The van der Waals surface area contributed by atoms with Gasteiger partial charge in [-0.1, -0.05) is 6.07 Å². The Hall–Kier alpha value is -1.78. The van der Waals surface area contributed by atoms with Gasteiger partial charge in [-0.25, -0.2) is 23.5 Å². The summed E-state index contributed by atoms with van der Waals surface area (Å²) < 4.78 is 37.3. The van der Waals surface area contributed by atoms with E-state index in [4.69, 9.17) is 9.47 Å². The van der Waals surface area contributed by atoms with E-state index in [2.05, 4.69) is 15.0 Å². The fourth-order valence-corrected chi connectivity index (χ4v) is 3.70. The number of ether oxygens (including phenoxy) is 2. The maximum atomic E-state index is 13.5. The largest absolute Gasteiger partial charge is 0.478 e. The van der Waals surface area contributed by atoms with E-state index in [9.17, 15) is 13.6 Å². The predicted molar refractivity (Wildman–Crippen MR) is 106 cm³/mol. The second kappa shape index (κ2) is 9.79. The maximum Gasteiger partial charge on any atom is 0.328 e. The molecule has 2 saturated heterocycles. The van der Waals surface area contributed by atoms with E-state index >= 15 is 0 Å². The third-order valence-electron chi connectivity index (χ3n) is 5.13. The zero-order chi connectivity index (χ0) is 21.3. The Balaban J connectivity index is 0.00000272. The normalized spacial score (nSPS) is 19.4. The molecule has 2 aliphatic heterocycles. The molecular formula is C20H23F2HoN5O3. The standard InChI is InChI=1S/C20H23F2N5O3.Ho/c1-3-30-17-8-4-6-13(23-17)14-10-16(27-9-5-7-15(27)18(28)29-2)25-19(24-14)26-11-20(21,22)12-26;/h4,6,8,10,15H,3,5,7,9,11-12H2,1-2H3;/t15-;/m0./s1. The van der Waals surface area contributed by atoms with Gasteiger partial charge in [-0.3, -0.25) is 0 Å². The number of hydrogen-bond acceptors (Lipinski definition) is 8. The maximum absolute atomic E-state index is 13.5. The molecule has 4 heterocycles. The van der Waals surface area contributed by atoms with Crippen molar-refractivity contribution in [3.8, 4) is 17.3 Å². The van der Waals surface area contributed by atoms with Crippen LogP contribution in [0.2, 0.25) is 0 Å². The first-order chi connectivity index (χ1) is 14.4. The smallest absolute Gasteiger partial charge is 0.328 e. The van der Waals surface area contributed by atoms with Crippen LogP contribution in [0.1, 0.15) is 19.8 Å². The van der Waals surface area contributed by atoms with Gasteiger partial charge < -0.3 is 19.3 Å². The second-order valence-electron chi connectivity index (χ2n) is 7.29. The minimum atomic E-state index is -2.76. The van der Waals surface area contributed by atoms with Crippen molar-refractivity contribution in [3.05, 3.63) is 24.3 Å². The summed E-state index contributed by atoms with van der Waals surface area (Å²) >= 11 is 0. The van der Waals surface area contributed by atoms with Gasteiger partial charge in [0.1, 0.15) is 11.9 Å². The molecule has 11 heteroatoms. The van der Waals surface area contributed by atoms with Gasteiger partial charge in [0, 0.05) is 56.4 Å². The molecule has 0 aromatic carbocycles. The number of alkyl halides is 2. The Morgan fingerprint density at radius 2 is 2.00 bits per heavy atom. The zero-order valence-corrected chi connectivity index (χ0v) is 19.1. The Labute approximate surface area is 209 Å². The summed E-state index contributed by atoms with van der Waals surface area (Å²) in [6.07, 6.45) is 1.44. The van der Waals surface area contributed by atoms with E-state index in [1.165, 1.54) is 12.0 Å². The van der Waals surface area contributed by atoms with Crippen LogP contribution >= 0.6 is 0 Å². The summed E-state index contributed by atoms with van der Waals surface area (Å²) in [5.74, 6) is -1.98. The second-order valence-corrected chi connectivity index (χ2v) is 7.29. The monoisotopic (exact) mass is 584 g/mol. The first-order valence-electron chi connectivity index (χ1n) is 9.87. The molecule has 0 unspecified atom stereocenters. The molecule has 2 aromatic rings. The average Bonchev–Trinajstić information content (AvgIpc) is 3.21. The molecule has 4 rings (SSSR count).